The molecular formula is C21H32N2O4. The van der Waals surface area contributed by atoms with Crippen molar-refractivity contribution in [2.45, 2.75) is 58.9 Å². The van der Waals surface area contributed by atoms with E-state index >= 15 is 0 Å². The largest absolute Gasteiger partial charge is 0.466 e. The van der Waals surface area contributed by atoms with Gasteiger partial charge in [0.15, 0.2) is 0 Å². The van der Waals surface area contributed by atoms with Crippen LogP contribution >= 0.6 is 0 Å². The molecule has 27 heavy (non-hydrogen) atoms. The van der Waals surface area contributed by atoms with E-state index in [0.29, 0.717) is 26.0 Å². The third-order valence-electron chi connectivity index (χ3n) is 4.14. The third kappa shape index (κ3) is 9.78. The van der Waals surface area contributed by atoms with Crippen molar-refractivity contribution in [1.29, 1.82) is 0 Å². The predicted octanol–water partition coefficient (Wildman–Crippen LogP) is 2.61. The van der Waals surface area contributed by atoms with Gasteiger partial charge in [-0.3, -0.25) is 14.4 Å². The monoisotopic (exact) mass is 376 g/mol. The Morgan fingerprint density at radius 2 is 1.74 bits per heavy atom. The van der Waals surface area contributed by atoms with Gasteiger partial charge in [-0.05, 0) is 37.7 Å². The summed E-state index contributed by atoms with van der Waals surface area (Å²) in [6, 6.07) is 9.44. The quantitative estimate of drug-likeness (QED) is 0.434. The Kier molecular flexibility index (Phi) is 10.8. The molecule has 1 aromatic rings. The predicted molar refractivity (Wildman–Crippen MR) is 105 cm³/mol. The number of rotatable bonds is 12. The molecular weight excluding hydrogens is 344 g/mol. The molecule has 0 heterocycles. The van der Waals surface area contributed by atoms with Gasteiger partial charge in [-0.25, -0.2) is 0 Å². The number of hydrogen-bond donors (Lipinski definition) is 2. The smallest absolute Gasteiger partial charge is 0.305 e. The van der Waals surface area contributed by atoms with Crippen molar-refractivity contribution in [2.24, 2.45) is 5.92 Å². The molecule has 6 nitrogen and oxygen atoms in total. The number of ether oxygens (including phenoxy) is 1. The van der Waals surface area contributed by atoms with E-state index < -0.39 is 6.04 Å². The van der Waals surface area contributed by atoms with E-state index in [1.807, 2.05) is 44.2 Å². The lowest BCUT2D eigenvalue weighted by molar-refractivity contribution is -0.143. The standard InChI is InChI=1S/C21H32N2O4/c1-4-27-19(25)14-9-15-22-21(26)20(16(2)3)23-18(24)13-8-12-17-10-6-5-7-11-17/h5-7,10-11,16,20H,4,8-9,12-15H2,1-3H3,(H,22,26)(H,23,24). The van der Waals surface area contributed by atoms with Gasteiger partial charge in [-0.1, -0.05) is 44.2 Å². The Hall–Kier alpha value is -2.37. The number of aryl methyl sites for hydroxylation is 1. The van der Waals surface area contributed by atoms with Crippen molar-refractivity contribution < 1.29 is 19.1 Å². The van der Waals surface area contributed by atoms with Gasteiger partial charge in [0.2, 0.25) is 11.8 Å². The van der Waals surface area contributed by atoms with E-state index in [0.717, 1.165) is 12.8 Å². The van der Waals surface area contributed by atoms with Crippen LogP contribution in [-0.4, -0.2) is 37.0 Å². The normalized spacial score (nSPS) is 11.7. The summed E-state index contributed by atoms with van der Waals surface area (Å²) >= 11 is 0. The molecule has 0 aromatic heterocycles. The van der Waals surface area contributed by atoms with Gasteiger partial charge in [0.25, 0.3) is 0 Å². The molecule has 1 rings (SSSR count). The van der Waals surface area contributed by atoms with Crippen LogP contribution in [0.3, 0.4) is 0 Å². The lowest BCUT2D eigenvalue weighted by Crippen LogP contribution is -2.49. The molecule has 0 saturated heterocycles. The van der Waals surface area contributed by atoms with E-state index in [1.54, 1.807) is 6.92 Å². The molecule has 0 aliphatic heterocycles. The Morgan fingerprint density at radius 3 is 2.37 bits per heavy atom. The summed E-state index contributed by atoms with van der Waals surface area (Å²) in [7, 11) is 0. The number of benzene rings is 1. The summed E-state index contributed by atoms with van der Waals surface area (Å²) in [4.78, 5) is 35.8. The van der Waals surface area contributed by atoms with Gasteiger partial charge in [0.05, 0.1) is 6.61 Å². The maximum Gasteiger partial charge on any atom is 0.305 e. The summed E-state index contributed by atoms with van der Waals surface area (Å²) in [5.41, 5.74) is 1.20. The summed E-state index contributed by atoms with van der Waals surface area (Å²) in [6.07, 6.45) is 2.74. The zero-order valence-electron chi connectivity index (χ0n) is 16.6. The molecule has 0 fully saturated rings. The van der Waals surface area contributed by atoms with Crippen LogP contribution in [-0.2, 0) is 25.5 Å². The van der Waals surface area contributed by atoms with Gasteiger partial charge in [-0.15, -0.1) is 0 Å². The second-order valence-corrected chi connectivity index (χ2v) is 6.83. The average molecular weight is 376 g/mol. The molecule has 0 aliphatic rings. The van der Waals surface area contributed by atoms with Crippen molar-refractivity contribution in [3.8, 4) is 0 Å². The van der Waals surface area contributed by atoms with E-state index in [9.17, 15) is 14.4 Å². The molecule has 6 heteroatoms. The molecule has 0 saturated carbocycles. The Morgan fingerprint density at radius 1 is 1.04 bits per heavy atom. The van der Waals surface area contributed by atoms with E-state index in [1.165, 1.54) is 5.56 Å². The Balaban J connectivity index is 2.33. The van der Waals surface area contributed by atoms with Crippen molar-refractivity contribution >= 4 is 17.8 Å². The van der Waals surface area contributed by atoms with Crippen LogP contribution in [0.15, 0.2) is 30.3 Å². The van der Waals surface area contributed by atoms with Gasteiger partial charge in [-0.2, -0.15) is 0 Å². The minimum Gasteiger partial charge on any atom is -0.466 e. The highest BCUT2D eigenvalue weighted by Crippen LogP contribution is 2.07. The number of hydrogen-bond acceptors (Lipinski definition) is 4. The fraction of sp³-hybridized carbons (Fsp3) is 0.571. The first kappa shape index (κ1) is 22.7. The molecule has 150 valence electrons. The molecule has 2 N–H and O–H groups in total. The zero-order chi connectivity index (χ0) is 20.1. The fourth-order valence-corrected chi connectivity index (χ4v) is 2.67. The van der Waals surface area contributed by atoms with Gasteiger partial charge in [0, 0.05) is 19.4 Å². The molecule has 0 radical (unpaired) electrons. The van der Waals surface area contributed by atoms with Crippen LogP contribution in [0.2, 0.25) is 0 Å². The first-order valence-corrected chi connectivity index (χ1v) is 9.70. The molecule has 1 atom stereocenters. The number of carbonyl (C=O) groups excluding carboxylic acids is 3. The van der Waals surface area contributed by atoms with Crippen molar-refractivity contribution in [3.05, 3.63) is 35.9 Å². The minimum absolute atomic E-state index is 0.0202. The number of carbonyl (C=O) groups is 3. The average Bonchev–Trinajstić information content (AvgIpc) is 2.64. The fourth-order valence-electron chi connectivity index (χ4n) is 2.67. The summed E-state index contributed by atoms with van der Waals surface area (Å²) < 4.78 is 4.85. The maximum atomic E-state index is 12.3. The second kappa shape index (κ2) is 12.9. The first-order valence-electron chi connectivity index (χ1n) is 9.70. The van der Waals surface area contributed by atoms with E-state index in [-0.39, 0.29) is 30.1 Å². The van der Waals surface area contributed by atoms with Gasteiger partial charge < -0.3 is 15.4 Å². The highest BCUT2D eigenvalue weighted by molar-refractivity contribution is 5.87. The molecule has 1 unspecified atom stereocenters. The van der Waals surface area contributed by atoms with Gasteiger partial charge >= 0.3 is 5.97 Å². The van der Waals surface area contributed by atoms with Crippen LogP contribution in [0.5, 0.6) is 0 Å². The number of esters is 1. The molecule has 2 amide bonds. The van der Waals surface area contributed by atoms with Crippen LogP contribution in [0.1, 0.15) is 52.0 Å². The van der Waals surface area contributed by atoms with E-state index in [4.69, 9.17) is 4.74 Å². The molecule has 0 bridgehead atoms. The zero-order valence-corrected chi connectivity index (χ0v) is 16.6. The van der Waals surface area contributed by atoms with Crippen LogP contribution in [0.25, 0.3) is 0 Å². The molecule has 0 spiro atoms. The second-order valence-electron chi connectivity index (χ2n) is 6.83. The Labute approximate surface area is 162 Å². The Bertz CT molecular complexity index is 587. The highest BCUT2D eigenvalue weighted by Gasteiger charge is 2.23. The minimum atomic E-state index is -0.572. The van der Waals surface area contributed by atoms with Crippen molar-refractivity contribution in [3.63, 3.8) is 0 Å². The highest BCUT2D eigenvalue weighted by atomic mass is 16.5. The van der Waals surface area contributed by atoms with Crippen LogP contribution in [0, 0.1) is 5.92 Å². The number of nitrogens with one attached hydrogen (secondary N) is 2. The lowest BCUT2D eigenvalue weighted by Gasteiger charge is -2.21. The number of amides is 2. The third-order valence-corrected chi connectivity index (χ3v) is 4.14. The van der Waals surface area contributed by atoms with Crippen LogP contribution < -0.4 is 10.6 Å². The lowest BCUT2D eigenvalue weighted by atomic mass is 10.0. The van der Waals surface area contributed by atoms with Crippen molar-refractivity contribution in [1.82, 2.24) is 10.6 Å². The first-order chi connectivity index (χ1) is 12.9. The summed E-state index contributed by atoms with van der Waals surface area (Å²) in [6.45, 7) is 6.29. The van der Waals surface area contributed by atoms with E-state index in [2.05, 4.69) is 10.6 Å². The molecule has 0 aliphatic carbocycles. The van der Waals surface area contributed by atoms with Crippen molar-refractivity contribution in [2.75, 3.05) is 13.2 Å². The van der Waals surface area contributed by atoms with Crippen LogP contribution in [0.4, 0.5) is 0 Å². The maximum absolute atomic E-state index is 12.3. The SMILES string of the molecule is CCOC(=O)CCCNC(=O)C(NC(=O)CCCc1ccccc1)C(C)C. The summed E-state index contributed by atoms with van der Waals surface area (Å²) in [5, 5.41) is 5.62. The topological polar surface area (TPSA) is 84.5 Å². The summed E-state index contributed by atoms with van der Waals surface area (Å²) in [5.74, 6) is -0.622. The van der Waals surface area contributed by atoms with Gasteiger partial charge in [0.1, 0.15) is 6.04 Å². The molecule has 1 aromatic carbocycles.